The number of hydrogen-bond acceptors (Lipinski definition) is 2. The van der Waals surface area contributed by atoms with E-state index in [9.17, 15) is 0 Å². The minimum Gasteiger partial charge on any atom is -0.264 e. The topological polar surface area (TPSA) is 25.8 Å². The Hall–Kier alpha value is -1.96. The van der Waals surface area contributed by atoms with Crippen molar-refractivity contribution in [1.82, 2.24) is 9.97 Å². The SMILES string of the molecule is [c]1cc2ncccc2c2ccncc12. The summed E-state index contributed by atoms with van der Waals surface area (Å²) in [6.07, 6.45) is 5.41. The number of hydrogen-bond donors (Lipinski definition) is 0. The predicted octanol–water partition coefficient (Wildman–Crippen LogP) is 2.58. The Morgan fingerprint density at radius 1 is 1.07 bits per heavy atom. The molecule has 2 aromatic heterocycles. The first kappa shape index (κ1) is 7.44. The number of fused-ring (bicyclic) bond motifs is 3. The van der Waals surface area contributed by atoms with Gasteiger partial charge < -0.3 is 0 Å². The van der Waals surface area contributed by atoms with Crippen molar-refractivity contribution < 1.29 is 0 Å². The normalized spacial score (nSPS) is 10.9. The summed E-state index contributed by atoms with van der Waals surface area (Å²) in [4.78, 5) is 8.35. The molecule has 0 spiro atoms. The summed E-state index contributed by atoms with van der Waals surface area (Å²) in [7, 11) is 0. The van der Waals surface area contributed by atoms with E-state index in [1.807, 2.05) is 24.4 Å². The second-order valence-corrected chi connectivity index (χ2v) is 3.15. The van der Waals surface area contributed by atoms with Gasteiger partial charge in [0.05, 0.1) is 5.52 Å². The zero-order valence-electron chi connectivity index (χ0n) is 7.44. The first-order valence-corrected chi connectivity index (χ1v) is 4.44. The maximum Gasteiger partial charge on any atom is 0.0714 e. The molecule has 0 N–H and O–H groups in total. The van der Waals surface area contributed by atoms with Crippen molar-refractivity contribution in [3.8, 4) is 0 Å². The molecule has 2 heteroatoms. The first-order chi connectivity index (χ1) is 6.95. The number of pyridine rings is 2. The molecule has 0 bridgehead atoms. The summed E-state index contributed by atoms with van der Waals surface area (Å²) in [6, 6.07) is 11.1. The molecule has 1 radical (unpaired) electrons. The molecule has 0 aliphatic rings. The maximum absolute atomic E-state index is 4.28. The van der Waals surface area contributed by atoms with Crippen molar-refractivity contribution in [2.75, 3.05) is 0 Å². The molecule has 0 saturated heterocycles. The predicted molar refractivity (Wildman–Crippen MR) is 55.9 cm³/mol. The second-order valence-electron chi connectivity index (χ2n) is 3.15. The zero-order valence-corrected chi connectivity index (χ0v) is 7.44. The van der Waals surface area contributed by atoms with Gasteiger partial charge in [0.2, 0.25) is 0 Å². The van der Waals surface area contributed by atoms with E-state index in [4.69, 9.17) is 0 Å². The lowest BCUT2D eigenvalue weighted by Gasteiger charge is -2.00. The fraction of sp³-hybridized carbons (Fsp3) is 0. The molecule has 0 aliphatic carbocycles. The third kappa shape index (κ3) is 0.973. The quantitative estimate of drug-likeness (QED) is 0.496. The van der Waals surface area contributed by atoms with Gasteiger partial charge in [-0.2, -0.15) is 0 Å². The Morgan fingerprint density at radius 2 is 2.07 bits per heavy atom. The van der Waals surface area contributed by atoms with Gasteiger partial charge in [0, 0.05) is 29.4 Å². The smallest absolute Gasteiger partial charge is 0.0714 e. The van der Waals surface area contributed by atoms with E-state index in [1.54, 1.807) is 12.4 Å². The van der Waals surface area contributed by atoms with Crippen LogP contribution in [0.2, 0.25) is 0 Å². The van der Waals surface area contributed by atoms with Crippen LogP contribution in [0.25, 0.3) is 21.7 Å². The summed E-state index contributed by atoms with van der Waals surface area (Å²) in [6.45, 7) is 0. The van der Waals surface area contributed by atoms with Gasteiger partial charge in [0.25, 0.3) is 0 Å². The molecule has 2 nitrogen and oxygen atoms in total. The van der Waals surface area contributed by atoms with Crippen LogP contribution in [0.1, 0.15) is 0 Å². The lowest BCUT2D eigenvalue weighted by molar-refractivity contribution is 1.36. The van der Waals surface area contributed by atoms with Crippen molar-refractivity contribution >= 4 is 21.7 Å². The Labute approximate surface area is 81.2 Å². The lowest BCUT2D eigenvalue weighted by atomic mass is 10.1. The molecule has 3 rings (SSSR count). The van der Waals surface area contributed by atoms with Gasteiger partial charge in [0.1, 0.15) is 0 Å². The van der Waals surface area contributed by atoms with Crippen molar-refractivity contribution in [3.63, 3.8) is 0 Å². The standard InChI is InChI=1S/C12H7N2/c1-2-11-10-5-7-13-8-9(10)3-4-12(11)14-6-1/h1-2,4-8H. The van der Waals surface area contributed by atoms with Gasteiger partial charge >= 0.3 is 0 Å². The van der Waals surface area contributed by atoms with Crippen LogP contribution in [0.3, 0.4) is 0 Å². The highest BCUT2D eigenvalue weighted by Crippen LogP contribution is 2.21. The van der Waals surface area contributed by atoms with E-state index in [0.717, 1.165) is 21.7 Å². The monoisotopic (exact) mass is 179 g/mol. The maximum atomic E-state index is 4.28. The van der Waals surface area contributed by atoms with Crippen molar-refractivity contribution in [3.05, 3.63) is 48.9 Å². The molecule has 0 aliphatic heterocycles. The van der Waals surface area contributed by atoms with E-state index < -0.39 is 0 Å². The highest BCUT2D eigenvalue weighted by atomic mass is 14.6. The largest absolute Gasteiger partial charge is 0.264 e. The van der Waals surface area contributed by atoms with Gasteiger partial charge in [-0.15, -0.1) is 0 Å². The minimum absolute atomic E-state index is 0.978. The second kappa shape index (κ2) is 2.77. The van der Waals surface area contributed by atoms with Gasteiger partial charge in [-0.25, -0.2) is 0 Å². The first-order valence-electron chi connectivity index (χ1n) is 4.44. The summed E-state index contributed by atoms with van der Waals surface area (Å²) in [5.41, 5.74) is 0.978. The van der Waals surface area contributed by atoms with Crippen LogP contribution >= 0.6 is 0 Å². The molecule has 0 amide bonds. The van der Waals surface area contributed by atoms with Crippen LogP contribution in [0.5, 0.6) is 0 Å². The Bertz CT molecular complexity index is 547. The van der Waals surface area contributed by atoms with Crippen molar-refractivity contribution in [1.29, 1.82) is 0 Å². The molecular weight excluding hydrogens is 172 g/mol. The third-order valence-corrected chi connectivity index (χ3v) is 2.31. The average Bonchev–Trinajstić information content (AvgIpc) is 2.29. The number of rotatable bonds is 0. The van der Waals surface area contributed by atoms with Crippen LogP contribution in [-0.4, -0.2) is 9.97 Å². The Morgan fingerprint density at radius 3 is 3.07 bits per heavy atom. The van der Waals surface area contributed by atoms with Crippen molar-refractivity contribution in [2.45, 2.75) is 0 Å². The molecule has 0 atom stereocenters. The van der Waals surface area contributed by atoms with Gasteiger partial charge in [-0.3, -0.25) is 9.97 Å². The highest BCUT2D eigenvalue weighted by molar-refractivity contribution is 6.05. The highest BCUT2D eigenvalue weighted by Gasteiger charge is 1.99. The lowest BCUT2D eigenvalue weighted by Crippen LogP contribution is -1.81. The average molecular weight is 179 g/mol. The summed E-state index contributed by atoms with van der Waals surface area (Å²) in [5.74, 6) is 0. The van der Waals surface area contributed by atoms with Crippen LogP contribution in [-0.2, 0) is 0 Å². The molecule has 0 unspecified atom stereocenters. The van der Waals surface area contributed by atoms with E-state index in [1.165, 1.54) is 0 Å². The van der Waals surface area contributed by atoms with Crippen LogP contribution < -0.4 is 0 Å². The zero-order chi connectivity index (χ0) is 9.38. The van der Waals surface area contributed by atoms with Crippen molar-refractivity contribution in [2.24, 2.45) is 0 Å². The molecule has 14 heavy (non-hydrogen) atoms. The number of aromatic nitrogens is 2. The molecule has 0 fully saturated rings. The summed E-state index contributed by atoms with van der Waals surface area (Å²) >= 11 is 0. The summed E-state index contributed by atoms with van der Waals surface area (Å²) < 4.78 is 0. The number of nitrogens with zero attached hydrogens (tertiary/aromatic N) is 2. The molecule has 65 valence electrons. The van der Waals surface area contributed by atoms with Gasteiger partial charge in [0.15, 0.2) is 0 Å². The van der Waals surface area contributed by atoms with E-state index in [-0.39, 0.29) is 0 Å². The van der Waals surface area contributed by atoms with E-state index >= 15 is 0 Å². The van der Waals surface area contributed by atoms with Crippen LogP contribution in [0.4, 0.5) is 0 Å². The molecule has 0 saturated carbocycles. The minimum atomic E-state index is 0.978. The summed E-state index contributed by atoms with van der Waals surface area (Å²) in [5, 5.41) is 3.35. The molecule has 1 aromatic carbocycles. The fourth-order valence-electron chi connectivity index (χ4n) is 1.65. The van der Waals surface area contributed by atoms with E-state index in [0.29, 0.717) is 0 Å². The molecule has 2 heterocycles. The van der Waals surface area contributed by atoms with Crippen LogP contribution in [0.15, 0.2) is 42.9 Å². The van der Waals surface area contributed by atoms with E-state index in [2.05, 4.69) is 22.1 Å². The Kier molecular flexibility index (Phi) is 1.47. The third-order valence-electron chi connectivity index (χ3n) is 2.31. The number of benzene rings is 1. The van der Waals surface area contributed by atoms with Crippen LogP contribution in [0, 0.1) is 6.07 Å². The van der Waals surface area contributed by atoms with Gasteiger partial charge in [-0.05, 0) is 29.7 Å². The fourth-order valence-corrected chi connectivity index (χ4v) is 1.65. The Balaban J connectivity index is 2.61. The molecule has 3 aromatic rings. The molecular formula is C12H7N2. The van der Waals surface area contributed by atoms with Gasteiger partial charge in [-0.1, -0.05) is 6.07 Å².